The lowest BCUT2D eigenvalue weighted by Crippen LogP contribution is -2.02. The molecule has 0 aromatic rings. The summed E-state index contributed by atoms with van der Waals surface area (Å²) in [5.41, 5.74) is 0. The van der Waals surface area contributed by atoms with Crippen LogP contribution in [-0.2, 0) is 9.59 Å². The third-order valence-corrected chi connectivity index (χ3v) is 4.65. The zero-order chi connectivity index (χ0) is 17.2. The lowest BCUT2D eigenvalue weighted by atomic mass is 10.0. The van der Waals surface area contributed by atoms with Crippen LogP contribution in [-0.4, -0.2) is 17.3 Å². The first-order chi connectivity index (χ1) is 11.2. The van der Waals surface area contributed by atoms with Gasteiger partial charge in [0.05, 0.1) is 0 Å². The summed E-state index contributed by atoms with van der Waals surface area (Å²) in [6, 6.07) is 0. The van der Waals surface area contributed by atoms with Crippen molar-refractivity contribution < 1.29 is 9.59 Å². The Labute approximate surface area is 149 Å². The minimum Gasteiger partial charge on any atom is -0.300 e. The molecule has 0 N–H and O–H groups in total. The fourth-order valence-electron chi connectivity index (χ4n) is 2.80. The minimum absolute atomic E-state index is 0.337. The van der Waals surface area contributed by atoms with Crippen LogP contribution in [0.2, 0.25) is 0 Å². The predicted octanol–water partition coefficient (Wildman–Crippen LogP) is 6.32. The molecule has 0 saturated heterocycles. The van der Waals surface area contributed by atoms with E-state index in [9.17, 15) is 9.59 Å². The second-order valence-electron chi connectivity index (χ2n) is 6.69. The van der Waals surface area contributed by atoms with Crippen LogP contribution in [0, 0.1) is 0 Å². The highest BCUT2D eigenvalue weighted by atomic mass is 32.1. The van der Waals surface area contributed by atoms with Crippen LogP contribution in [0.4, 0.5) is 0 Å². The molecule has 0 aliphatic rings. The van der Waals surface area contributed by atoms with E-state index in [1.54, 1.807) is 0 Å². The van der Waals surface area contributed by atoms with Crippen LogP contribution in [0.25, 0.3) is 0 Å². The van der Waals surface area contributed by atoms with Crippen LogP contribution in [0.3, 0.4) is 0 Å². The molecule has 0 saturated carbocycles. The van der Waals surface area contributed by atoms with Crippen molar-refractivity contribution in [3.63, 3.8) is 0 Å². The van der Waals surface area contributed by atoms with Crippen molar-refractivity contribution in [1.82, 2.24) is 0 Å². The number of thiol groups is 1. The highest BCUT2D eigenvalue weighted by Gasteiger charge is 2.05. The van der Waals surface area contributed by atoms with Crippen LogP contribution in [0.15, 0.2) is 0 Å². The zero-order valence-corrected chi connectivity index (χ0v) is 16.2. The Hall–Kier alpha value is -0.310. The molecule has 0 rings (SSSR count). The van der Waals surface area contributed by atoms with E-state index < -0.39 is 0 Å². The van der Waals surface area contributed by atoms with Gasteiger partial charge in [0.25, 0.3) is 0 Å². The van der Waals surface area contributed by atoms with E-state index in [1.165, 1.54) is 44.9 Å². The van der Waals surface area contributed by atoms with Gasteiger partial charge in [-0.1, -0.05) is 58.3 Å². The van der Waals surface area contributed by atoms with Crippen molar-refractivity contribution in [3.05, 3.63) is 0 Å². The van der Waals surface area contributed by atoms with E-state index in [0.717, 1.165) is 37.9 Å². The normalized spacial score (nSPS) is 10.9. The van der Waals surface area contributed by atoms with Gasteiger partial charge in [-0.2, -0.15) is 12.6 Å². The summed E-state index contributed by atoms with van der Waals surface area (Å²) in [5, 5.41) is 0. The van der Waals surface area contributed by atoms with Crippen LogP contribution in [0.1, 0.15) is 110 Å². The van der Waals surface area contributed by atoms with E-state index in [1.807, 2.05) is 0 Å². The van der Waals surface area contributed by atoms with Crippen molar-refractivity contribution in [2.45, 2.75) is 110 Å². The van der Waals surface area contributed by atoms with Gasteiger partial charge in [-0.05, 0) is 31.4 Å². The molecule has 136 valence electrons. The number of ketones is 2. The second kappa shape index (κ2) is 18.0. The molecule has 2 nitrogen and oxygen atoms in total. The molecule has 0 amide bonds. The topological polar surface area (TPSA) is 34.1 Å². The van der Waals surface area contributed by atoms with Crippen LogP contribution in [0.5, 0.6) is 0 Å². The standard InChI is InChI=1S/C20H38O2S/c1-2-3-10-14-19(21)16-13-17-20(22)15-11-8-6-4-5-7-9-12-18-23/h23H,2-18H2,1H3. The molecule has 3 heteroatoms. The summed E-state index contributed by atoms with van der Waals surface area (Å²) in [6.45, 7) is 2.15. The fourth-order valence-corrected chi connectivity index (χ4v) is 3.02. The molecular formula is C20H38O2S. The summed E-state index contributed by atoms with van der Waals surface area (Å²) in [4.78, 5) is 23.4. The van der Waals surface area contributed by atoms with E-state index in [0.29, 0.717) is 37.2 Å². The Morgan fingerprint density at radius 3 is 1.43 bits per heavy atom. The Balaban J connectivity index is 3.29. The molecule has 23 heavy (non-hydrogen) atoms. The molecule has 0 aromatic carbocycles. The first kappa shape index (κ1) is 22.7. The molecule has 0 atom stereocenters. The molecular weight excluding hydrogens is 304 g/mol. The average Bonchev–Trinajstić information content (AvgIpc) is 2.53. The average molecular weight is 343 g/mol. The summed E-state index contributed by atoms with van der Waals surface area (Å²) in [7, 11) is 0. The number of rotatable bonds is 18. The Morgan fingerprint density at radius 1 is 0.565 bits per heavy atom. The maximum absolute atomic E-state index is 11.8. The van der Waals surface area contributed by atoms with E-state index in [2.05, 4.69) is 19.6 Å². The number of hydrogen-bond acceptors (Lipinski definition) is 3. The van der Waals surface area contributed by atoms with Crippen molar-refractivity contribution in [2.24, 2.45) is 0 Å². The van der Waals surface area contributed by atoms with Gasteiger partial charge < -0.3 is 0 Å². The lowest BCUT2D eigenvalue weighted by Gasteiger charge is -2.03. The summed E-state index contributed by atoms with van der Waals surface area (Å²) < 4.78 is 0. The van der Waals surface area contributed by atoms with Gasteiger partial charge in [0, 0.05) is 25.7 Å². The lowest BCUT2D eigenvalue weighted by molar-refractivity contribution is -0.120. The molecule has 0 aliphatic carbocycles. The Kier molecular flexibility index (Phi) is 17.8. The number of hydrogen-bond donors (Lipinski definition) is 1. The third kappa shape index (κ3) is 17.9. The van der Waals surface area contributed by atoms with Gasteiger partial charge in [-0.15, -0.1) is 0 Å². The monoisotopic (exact) mass is 342 g/mol. The van der Waals surface area contributed by atoms with Crippen LogP contribution < -0.4 is 0 Å². The summed E-state index contributed by atoms with van der Waals surface area (Å²) in [5.74, 6) is 1.69. The zero-order valence-electron chi connectivity index (χ0n) is 15.3. The van der Waals surface area contributed by atoms with Crippen molar-refractivity contribution in [1.29, 1.82) is 0 Å². The second-order valence-corrected chi connectivity index (χ2v) is 7.14. The number of carbonyl (C=O) groups excluding carboxylic acids is 2. The van der Waals surface area contributed by atoms with E-state index in [-0.39, 0.29) is 0 Å². The highest BCUT2D eigenvalue weighted by Crippen LogP contribution is 2.12. The quantitative estimate of drug-likeness (QED) is 0.234. The van der Waals surface area contributed by atoms with Gasteiger partial charge in [0.2, 0.25) is 0 Å². The fraction of sp³-hybridized carbons (Fsp3) is 0.900. The number of Topliss-reactive ketones (excluding diaryl/α,β-unsaturated/α-hetero) is 2. The van der Waals surface area contributed by atoms with Crippen LogP contribution >= 0.6 is 12.6 Å². The molecule has 0 unspecified atom stereocenters. The molecule has 0 fully saturated rings. The van der Waals surface area contributed by atoms with Gasteiger partial charge in [0.1, 0.15) is 11.6 Å². The number of carbonyl (C=O) groups is 2. The SMILES string of the molecule is CCCCCC(=O)CCCC(=O)CCCCCCCCCCS. The molecule has 0 aliphatic heterocycles. The van der Waals surface area contributed by atoms with Gasteiger partial charge in [0.15, 0.2) is 0 Å². The first-order valence-electron chi connectivity index (χ1n) is 9.85. The highest BCUT2D eigenvalue weighted by molar-refractivity contribution is 7.80. The minimum atomic E-state index is 0.337. The molecule has 0 bridgehead atoms. The predicted molar refractivity (Wildman–Crippen MR) is 103 cm³/mol. The van der Waals surface area contributed by atoms with E-state index in [4.69, 9.17) is 0 Å². The number of unbranched alkanes of at least 4 members (excludes halogenated alkanes) is 9. The first-order valence-corrected chi connectivity index (χ1v) is 10.5. The largest absolute Gasteiger partial charge is 0.300 e. The third-order valence-electron chi connectivity index (χ3n) is 4.33. The molecule has 0 aromatic heterocycles. The molecule has 0 heterocycles. The van der Waals surface area contributed by atoms with Crippen molar-refractivity contribution in [3.8, 4) is 0 Å². The Morgan fingerprint density at radius 2 is 0.957 bits per heavy atom. The molecule has 0 spiro atoms. The smallest absolute Gasteiger partial charge is 0.132 e. The maximum atomic E-state index is 11.8. The van der Waals surface area contributed by atoms with Gasteiger partial charge in [-0.25, -0.2) is 0 Å². The van der Waals surface area contributed by atoms with Crippen molar-refractivity contribution >= 4 is 24.2 Å². The summed E-state index contributed by atoms with van der Waals surface area (Å²) in [6.07, 6.45) is 16.6. The Bertz CT molecular complexity index is 289. The van der Waals surface area contributed by atoms with E-state index >= 15 is 0 Å². The maximum Gasteiger partial charge on any atom is 0.132 e. The summed E-state index contributed by atoms with van der Waals surface area (Å²) >= 11 is 4.21. The van der Waals surface area contributed by atoms with Gasteiger partial charge in [-0.3, -0.25) is 9.59 Å². The van der Waals surface area contributed by atoms with Crippen molar-refractivity contribution in [2.75, 3.05) is 5.75 Å². The molecule has 0 radical (unpaired) electrons. The van der Waals surface area contributed by atoms with Gasteiger partial charge >= 0.3 is 0 Å².